The average molecular weight is 360 g/mol. The van der Waals surface area contributed by atoms with Crippen molar-refractivity contribution in [1.29, 1.82) is 0 Å². The second kappa shape index (κ2) is 7.67. The van der Waals surface area contributed by atoms with Crippen molar-refractivity contribution in [3.63, 3.8) is 0 Å². The van der Waals surface area contributed by atoms with Crippen LogP contribution in [0.3, 0.4) is 0 Å². The van der Waals surface area contributed by atoms with E-state index < -0.39 is 5.41 Å². The minimum Gasteiger partial charge on any atom is -0.497 e. The lowest BCUT2D eigenvalue weighted by molar-refractivity contribution is -0.146. The van der Waals surface area contributed by atoms with E-state index in [1.165, 1.54) is 7.11 Å². The largest absolute Gasteiger partial charge is 0.497 e. The van der Waals surface area contributed by atoms with Gasteiger partial charge >= 0.3 is 5.97 Å². The molecule has 27 heavy (non-hydrogen) atoms. The third-order valence-corrected chi connectivity index (χ3v) is 5.07. The topological polar surface area (TPSA) is 35.5 Å². The molecule has 3 heteroatoms. The number of rotatable bonds is 6. The molecule has 0 radical (unpaired) electrons. The number of hydrogen-bond acceptors (Lipinski definition) is 3. The zero-order chi connectivity index (χ0) is 19.4. The van der Waals surface area contributed by atoms with E-state index in [9.17, 15) is 4.79 Å². The highest BCUT2D eigenvalue weighted by Crippen LogP contribution is 2.37. The van der Waals surface area contributed by atoms with Gasteiger partial charge in [-0.05, 0) is 59.0 Å². The Kier molecular flexibility index (Phi) is 5.31. The van der Waals surface area contributed by atoms with Crippen LogP contribution < -0.4 is 4.74 Å². The predicted octanol–water partition coefficient (Wildman–Crippen LogP) is 5.38. The molecule has 0 aliphatic rings. The van der Waals surface area contributed by atoms with Gasteiger partial charge in [0.2, 0.25) is 0 Å². The summed E-state index contributed by atoms with van der Waals surface area (Å²) in [4.78, 5) is 12.8. The van der Waals surface area contributed by atoms with Gasteiger partial charge in [0, 0.05) is 0 Å². The van der Waals surface area contributed by atoms with Crippen molar-refractivity contribution in [2.45, 2.75) is 18.8 Å². The lowest BCUT2D eigenvalue weighted by Gasteiger charge is -2.28. The normalized spacial score (nSPS) is 13.0. The molecule has 0 saturated carbocycles. The molecule has 0 aliphatic heterocycles. The fourth-order valence-electron chi connectivity index (χ4n) is 3.41. The fourth-order valence-corrected chi connectivity index (χ4v) is 3.41. The molecule has 3 nitrogen and oxygen atoms in total. The molecule has 3 rings (SSSR count). The zero-order valence-corrected chi connectivity index (χ0v) is 16.0. The van der Waals surface area contributed by atoms with Gasteiger partial charge in [0.05, 0.1) is 19.6 Å². The Morgan fingerprint density at radius 1 is 0.963 bits per heavy atom. The number of fused-ring (bicyclic) bond motifs is 1. The summed E-state index contributed by atoms with van der Waals surface area (Å²) in [5.74, 6) is 0.538. The maximum Gasteiger partial charge on any atom is 0.316 e. The highest BCUT2D eigenvalue weighted by Gasteiger charge is 2.37. The van der Waals surface area contributed by atoms with Crippen LogP contribution in [0.25, 0.3) is 16.3 Å². The Bertz CT molecular complexity index is 975. The van der Waals surface area contributed by atoms with Crippen LogP contribution in [0.2, 0.25) is 0 Å². The summed E-state index contributed by atoms with van der Waals surface area (Å²) < 4.78 is 10.4. The lowest BCUT2D eigenvalue weighted by Crippen LogP contribution is -2.34. The number of esters is 1. The standard InChI is InChI=1S/C24H24O3/c1-17(18-8-6-5-7-9-18)16-24(2,23(25)27-4)21-12-10-20-15-22(26-3)13-11-19(20)14-21/h5-15H,1,16H2,2-4H3. The van der Waals surface area contributed by atoms with Gasteiger partial charge in [-0.2, -0.15) is 0 Å². The van der Waals surface area contributed by atoms with Gasteiger partial charge in [0.15, 0.2) is 0 Å². The molecule has 3 aromatic carbocycles. The SMILES string of the molecule is C=C(CC(C)(C(=O)OC)c1ccc2cc(OC)ccc2c1)c1ccccc1. The monoisotopic (exact) mass is 360 g/mol. The number of benzene rings is 3. The quantitative estimate of drug-likeness (QED) is 0.554. The molecule has 0 heterocycles. The van der Waals surface area contributed by atoms with Crippen molar-refractivity contribution in [3.8, 4) is 5.75 Å². The molecule has 0 N–H and O–H groups in total. The summed E-state index contributed by atoms with van der Waals surface area (Å²) in [7, 11) is 3.08. The van der Waals surface area contributed by atoms with Crippen LogP contribution in [0, 0.1) is 0 Å². The van der Waals surface area contributed by atoms with Crippen molar-refractivity contribution in [3.05, 3.63) is 84.4 Å². The van der Waals surface area contributed by atoms with Crippen molar-refractivity contribution < 1.29 is 14.3 Å². The number of carbonyl (C=O) groups is 1. The molecule has 1 unspecified atom stereocenters. The second-order valence-corrected chi connectivity index (χ2v) is 6.90. The Morgan fingerprint density at radius 2 is 1.63 bits per heavy atom. The maximum atomic E-state index is 12.8. The van der Waals surface area contributed by atoms with E-state index in [4.69, 9.17) is 9.47 Å². The highest BCUT2D eigenvalue weighted by atomic mass is 16.5. The smallest absolute Gasteiger partial charge is 0.316 e. The Labute approximate surface area is 160 Å². The second-order valence-electron chi connectivity index (χ2n) is 6.90. The number of methoxy groups -OCH3 is 2. The third-order valence-electron chi connectivity index (χ3n) is 5.07. The fraction of sp³-hybridized carbons (Fsp3) is 0.208. The van der Waals surface area contributed by atoms with E-state index in [0.29, 0.717) is 6.42 Å². The van der Waals surface area contributed by atoms with Crippen LogP contribution in [0.1, 0.15) is 24.5 Å². The first kappa shape index (κ1) is 18.7. The van der Waals surface area contributed by atoms with Crippen molar-refractivity contribution in [2.75, 3.05) is 14.2 Å². The van der Waals surface area contributed by atoms with Crippen LogP contribution in [0.4, 0.5) is 0 Å². The maximum absolute atomic E-state index is 12.8. The predicted molar refractivity (Wildman–Crippen MR) is 110 cm³/mol. The van der Waals surface area contributed by atoms with Gasteiger partial charge in [-0.15, -0.1) is 0 Å². The first-order valence-corrected chi connectivity index (χ1v) is 8.88. The summed E-state index contributed by atoms with van der Waals surface area (Å²) in [5, 5.41) is 2.11. The van der Waals surface area contributed by atoms with E-state index >= 15 is 0 Å². The van der Waals surface area contributed by atoms with Gasteiger partial charge in [0.25, 0.3) is 0 Å². The van der Waals surface area contributed by atoms with Crippen molar-refractivity contribution in [1.82, 2.24) is 0 Å². The zero-order valence-electron chi connectivity index (χ0n) is 16.0. The Hall–Kier alpha value is -3.07. The van der Waals surface area contributed by atoms with Gasteiger partial charge in [0.1, 0.15) is 5.75 Å². The molecule has 1 atom stereocenters. The molecule has 0 aromatic heterocycles. The minimum atomic E-state index is -0.824. The molecule has 0 aliphatic carbocycles. The molecule has 3 aromatic rings. The molecule has 0 amide bonds. The molecule has 138 valence electrons. The molecular weight excluding hydrogens is 336 g/mol. The molecule has 0 bridgehead atoms. The van der Waals surface area contributed by atoms with Crippen LogP contribution in [-0.2, 0) is 14.9 Å². The summed E-state index contributed by atoms with van der Waals surface area (Å²) in [6, 6.07) is 21.9. The number of carbonyl (C=O) groups excluding carboxylic acids is 1. The van der Waals surface area contributed by atoms with Crippen LogP contribution in [-0.4, -0.2) is 20.2 Å². The van der Waals surface area contributed by atoms with Crippen LogP contribution in [0.15, 0.2) is 73.3 Å². The highest BCUT2D eigenvalue weighted by molar-refractivity contribution is 5.90. The molecule has 0 spiro atoms. The first-order chi connectivity index (χ1) is 13.0. The van der Waals surface area contributed by atoms with Crippen molar-refractivity contribution >= 4 is 22.3 Å². The number of ether oxygens (including phenoxy) is 2. The Morgan fingerprint density at radius 3 is 2.30 bits per heavy atom. The number of allylic oxidation sites excluding steroid dienone is 1. The van der Waals surface area contributed by atoms with E-state index in [-0.39, 0.29) is 5.97 Å². The molecule has 0 fully saturated rings. The first-order valence-electron chi connectivity index (χ1n) is 8.88. The van der Waals surface area contributed by atoms with Gasteiger partial charge < -0.3 is 9.47 Å². The van der Waals surface area contributed by atoms with Gasteiger partial charge in [-0.3, -0.25) is 4.79 Å². The lowest BCUT2D eigenvalue weighted by atomic mass is 9.75. The summed E-state index contributed by atoms with van der Waals surface area (Å²) >= 11 is 0. The van der Waals surface area contributed by atoms with Crippen LogP contribution >= 0.6 is 0 Å². The molecular formula is C24H24O3. The average Bonchev–Trinajstić information content (AvgIpc) is 2.72. The van der Waals surface area contributed by atoms with Gasteiger partial charge in [-0.25, -0.2) is 0 Å². The third kappa shape index (κ3) is 3.72. The summed E-state index contributed by atoms with van der Waals surface area (Å²) in [6.07, 6.45) is 0.478. The summed E-state index contributed by atoms with van der Waals surface area (Å²) in [5.41, 5.74) is 2.01. The summed E-state index contributed by atoms with van der Waals surface area (Å²) in [6.45, 7) is 6.13. The number of hydrogen-bond donors (Lipinski definition) is 0. The van der Waals surface area contributed by atoms with E-state index in [1.54, 1.807) is 7.11 Å². The minimum absolute atomic E-state index is 0.271. The molecule has 0 saturated heterocycles. The van der Waals surface area contributed by atoms with Crippen LogP contribution in [0.5, 0.6) is 5.75 Å². The van der Waals surface area contributed by atoms with E-state index in [0.717, 1.165) is 33.2 Å². The van der Waals surface area contributed by atoms with Gasteiger partial charge in [-0.1, -0.05) is 55.1 Å². The Balaban J connectivity index is 2.02. The van der Waals surface area contributed by atoms with E-state index in [1.807, 2.05) is 73.7 Å². The van der Waals surface area contributed by atoms with E-state index in [2.05, 4.69) is 6.58 Å². The van der Waals surface area contributed by atoms with Crippen molar-refractivity contribution in [2.24, 2.45) is 0 Å².